The maximum atomic E-state index is 12.3. The Bertz CT molecular complexity index is 676. The third-order valence-electron chi connectivity index (χ3n) is 4.56. The Hall–Kier alpha value is -2.32. The van der Waals surface area contributed by atoms with E-state index < -0.39 is 17.5 Å². The number of amides is 2. The standard InChI is InChI=1S/C18H21N3O2/c19-16(22)15(18(20)10-1-11-18)21-17(23)14-8-6-13(7-9-14)5-4-12-2-3-12/h6-9,12,15H,1-3,10-11,20H2,(H2,19,22)(H,21,23). The van der Waals surface area contributed by atoms with Crippen molar-refractivity contribution in [3.05, 3.63) is 35.4 Å². The van der Waals surface area contributed by atoms with Crippen LogP contribution in [0.15, 0.2) is 24.3 Å². The predicted octanol–water partition coefficient (Wildman–Crippen LogP) is 0.913. The van der Waals surface area contributed by atoms with Gasteiger partial charge in [0.15, 0.2) is 0 Å². The Balaban J connectivity index is 1.67. The van der Waals surface area contributed by atoms with Crippen LogP contribution in [0.5, 0.6) is 0 Å². The van der Waals surface area contributed by atoms with Gasteiger partial charge in [-0.2, -0.15) is 0 Å². The summed E-state index contributed by atoms with van der Waals surface area (Å²) in [6, 6.07) is 6.19. The maximum absolute atomic E-state index is 12.3. The summed E-state index contributed by atoms with van der Waals surface area (Å²) in [6.45, 7) is 0. The number of primary amides is 1. The van der Waals surface area contributed by atoms with Crippen molar-refractivity contribution in [3.8, 4) is 11.8 Å². The van der Waals surface area contributed by atoms with Crippen LogP contribution < -0.4 is 16.8 Å². The van der Waals surface area contributed by atoms with E-state index in [-0.39, 0.29) is 5.91 Å². The number of hydrogen-bond acceptors (Lipinski definition) is 3. The van der Waals surface area contributed by atoms with Crippen LogP contribution in [0.25, 0.3) is 0 Å². The molecule has 1 aromatic rings. The minimum Gasteiger partial charge on any atom is -0.368 e. The molecule has 2 fully saturated rings. The molecular formula is C18H21N3O2. The zero-order valence-electron chi connectivity index (χ0n) is 13.0. The first kappa shape index (κ1) is 15.6. The van der Waals surface area contributed by atoms with E-state index in [0.717, 1.165) is 12.0 Å². The molecule has 2 amide bonds. The van der Waals surface area contributed by atoms with Crippen LogP contribution in [-0.4, -0.2) is 23.4 Å². The highest BCUT2D eigenvalue weighted by Crippen LogP contribution is 2.32. The fourth-order valence-corrected chi connectivity index (χ4v) is 2.70. The van der Waals surface area contributed by atoms with Crippen molar-refractivity contribution in [3.63, 3.8) is 0 Å². The number of hydrogen-bond donors (Lipinski definition) is 3. The number of rotatable bonds is 4. The topological polar surface area (TPSA) is 98.2 Å². The Kier molecular flexibility index (Phi) is 4.10. The Morgan fingerprint density at radius 2 is 1.87 bits per heavy atom. The van der Waals surface area contributed by atoms with E-state index in [1.807, 2.05) is 12.1 Å². The highest BCUT2D eigenvalue weighted by molar-refractivity contribution is 5.97. The molecule has 0 aliphatic heterocycles. The van der Waals surface area contributed by atoms with E-state index in [9.17, 15) is 9.59 Å². The quantitative estimate of drug-likeness (QED) is 0.721. The highest BCUT2D eigenvalue weighted by atomic mass is 16.2. The molecule has 23 heavy (non-hydrogen) atoms. The van der Waals surface area contributed by atoms with Gasteiger partial charge in [-0.15, -0.1) is 0 Å². The zero-order valence-corrected chi connectivity index (χ0v) is 13.0. The highest BCUT2D eigenvalue weighted by Gasteiger charge is 2.44. The van der Waals surface area contributed by atoms with Crippen molar-refractivity contribution in [1.29, 1.82) is 0 Å². The van der Waals surface area contributed by atoms with Gasteiger partial charge in [-0.1, -0.05) is 11.8 Å². The monoisotopic (exact) mass is 311 g/mol. The zero-order chi connectivity index (χ0) is 16.4. The molecule has 5 N–H and O–H groups in total. The molecule has 0 heterocycles. The van der Waals surface area contributed by atoms with Crippen molar-refractivity contribution >= 4 is 11.8 Å². The average molecular weight is 311 g/mol. The molecule has 2 saturated carbocycles. The summed E-state index contributed by atoms with van der Waals surface area (Å²) in [4.78, 5) is 23.9. The normalized spacial score (nSPS) is 19.7. The summed E-state index contributed by atoms with van der Waals surface area (Å²) in [5, 5.41) is 2.68. The molecule has 2 aliphatic rings. The van der Waals surface area contributed by atoms with E-state index in [1.165, 1.54) is 12.8 Å². The second-order valence-electron chi connectivity index (χ2n) is 6.52. The second-order valence-corrected chi connectivity index (χ2v) is 6.52. The van der Waals surface area contributed by atoms with Crippen molar-refractivity contribution in [1.82, 2.24) is 5.32 Å². The number of carbonyl (C=O) groups excluding carboxylic acids is 2. The van der Waals surface area contributed by atoms with Gasteiger partial charge in [-0.25, -0.2) is 0 Å². The number of benzene rings is 1. The van der Waals surface area contributed by atoms with Gasteiger partial charge in [0.05, 0.1) is 0 Å². The molecule has 0 radical (unpaired) electrons. The molecule has 120 valence electrons. The molecule has 5 nitrogen and oxygen atoms in total. The molecule has 1 aromatic carbocycles. The number of nitrogens with one attached hydrogen (secondary N) is 1. The van der Waals surface area contributed by atoms with E-state index in [2.05, 4.69) is 17.2 Å². The molecule has 1 atom stereocenters. The summed E-state index contributed by atoms with van der Waals surface area (Å²) in [5.74, 6) is 5.88. The SMILES string of the molecule is NC(=O)C(NC(=O)c1ccc(C#CC2CC2)cc1)C1(N)CCC1. The molecular weight excluding hydrogens is 290 g/mol. The Morgan fingerprint density at radius 3 is 2.35 bits per heavy atom. The first-order valence-electron chi connectivity index (χ1n) is 7.99. The summed E-state index contributed by atoms with van der Waals surface area (Å²) in [5.41, 5.74) is 12.2. The van der Waals surface area contributed by atoms with Crippen molar-refractivity contribution in [2.45, 2.75) is 43.7 Å². The maximum Gasteiger partial charge on any atom is 0.251 e. The predicted molar refractivity (Wildman–Crippen MR) is 87.3 cm³/mol. The van der Waals surface area contributed by atoms with Crippen LogP contribution in [0.3, 0.4) is 0 Å². The molecule has 2 aliphatic carbocycles. The smallest absolute Gasteiger partial charge is 0.251 e. The van der Waals surface area contributed by atoms with Gasteiger partial charge in [-0.3, -0.25) is 9.59 Å². The lowest BCUT2D eigenvalue weighted by molar-refractivity contribution is -0.122. The Labute approximate surface area is 135 Å². The molecule has 0 saturated heterocycles. The molecule has 0 aromatic heterocycles. The van der Waals surface area contributed by atoms with Gasteiger partial charge in [0.2, 0.25) is 5.91 Å². The molecule has 1 unspecified atom stereocenters. The minimum absolute atomic E-state index is 0.341. The van der Waals surface area contributed by atoms with Gasteiger partial charge >= 0.3 is 0 Å². The first-order chi connectivity index (χ1) is 11.0. The lowest BCUT2D eigenvalue weighted by Crippen LogP contribution is -2.66. The van der Waals surface area contributed by atoms with Crippen LogP contribution in [0, 0.1) is 17.8 Å². The number of nitrogens with two attached hydrogens (primary N) is 2. The summed E-state index contributed by atoms with van der Waals surface area (Å²) < 4.78 is 0. The first-order valence-corrected chi connectivity index (χ1v) is 7.99. The third kappa shape index (κ3) is 3.54. The van der Waals surface area contributed by atoms with Crippen molar-refractivity contribution in [2.75, 3.05) is 0 Å². The summed E-state index contributed by atoms with van der Waals surface area (Å²) >= 11 is 0. The Morgan fingerprint density at radius 1 is 1.22 bits per heavy atom. The molecule has 0 spiro atoms. The summed E-state index contributed by atoms with van der Waals surface area (Å²) in [7, 11) is 0. The van der Waals surface area contributed by atoms with Crippen LogP contribution in [0.4, 0.5) is 0 Å². The van der Waals surface area contributed by atoms with Gasteiger partial charge < -0.3 is 16.8 Å². The lowest BCUT2D eigenvalue weighted by Gasteiger charge is -2.43. The van der Waals surface area contributed by atoms with Crippen molar-refractivity contribution in [2.24, 2.45) is 17.4 Å². The van der Waals surface area contributed by atoms with Crippen molar-refractivity contribution < 1.29 is 9.59 Å². The van der Waals surface area contributed by atoms with E-state index >= 15 is 0 Å². The fourth-order valence-electron chi connectivity index (χ4n) is 2.70. The van der Waals surface area contributed by atoms with Crippen LogP contribution in [-0.2, 0) is 4.79 Å². The summed E-state index contributed by atoms with van der Waals surface area (Å²) in [6.07, 6.45) is 4.70. The van der Waals surface area contributed by atoms with Crippen LogP contribution in [0.2, 0.25) is 0 Å². The van der Waals surface area contributed by atoms with Gasteiger partial charge in [0.25, 0.3) is 5.91 Å². The van der Waals surface area contributed by atoms with E-state index in [0.29, 0.717) is 24.3 Å². The van der Waals surface area contributed by atoms with Gasteiger partial charge in [-0.05, 0) is 56.4 Å². The molecule has 5 heteroatoms. The van der Waals surface area contributed by atoms with Crippen LogP contribution in [0.1, 0.15) is 48.0 Å². The third-order valence-corrected chi connectivity index (χ3v) is 4.56. The minimum atomic E-state index is -0.835. The van der Waals surface area contributed by atoms with E-state index in [1.54, 1.807) is 12.1 Å². The largest absolute Gasteiger partial charge is 0.368 e. The molecule has 0 bridgehead atoms. The molecule has 3 rings (SSSR count). The lowest BCUT2D eigenvalue weighted by atomic mass is 9.72. The van der Waals surface area contributed by atoms with Gasteiger partial charge in [0.1, 0.15) is 6.04 Å². The average Bonchev–Trinajstić information content (AvgIpc) is 3.32. The second kappa shape index (κ2) is 6.05. The fraction of sp³-hybridized carbons (Fsp3) is 0.444. The van der Waals surface area contributed by atoms with E-state index in [4.69, 9.17) is 11.5 Å². The van der Waals surface area contributed by atoms with Gasteiger partial charge in [0, 0.05) is 22.6 Å². The number of carbonyl (C=O) groups is 2. The van der Waals surface area contributed by atoms with Crippen LogP contribution >= 0.6 is 0 Å².